The van der Waals surface area contributed by atoms with Crippen molar-refractivity contribution < 1.29 is 31.9 Å². The highest BCUT2D eigenvalue weighted by molar-refractivity contribution is 7.55. The molecule has 5 rings (SSSR count). The minimum atomic E-state index is -5.14. The molecule has 1 aromatic heterocycles. The van der Waals surface area contributed by atoms with E-state index in [2.05, 4.69) is 0 Å². The predicted octanol–water partition coefficient (Wildman–Crippen LogP) is 8.66. The number of carbonyl (C=O) groups is 1. The Balaban J connectivity index is 1.44. The Bertz CT molecular complexity index is 1550. The molecule has 0 bridgehead atoms. The number of carbonyl (C=O) groups excluding carboxylic acids is 1. The number of alkyl halides is 2. The highest BCUT2D eigenvalue weighted by Gasteiger charge is 2.58. The van der Waals surface area contributed by atoms with Crippen LogP contribution in [0.1, 0.15) is 20.8 Å². The zero-order valence-electron chi connectivity index (χ0n) is 19.8. The van der Waals surface area contributed by atoms with Gasteiger partial charge in [-0.05, 0) is 53.4 Å². The second kappa shape index (κ2) is 10.8. The molecule has 1 heterocycles. The van der Waals surface area contributed by atoms with Gasteiger partial charge in [0.25, 0.3) is 0 Å². The van der Waals surface area contributed by atoms with Crippen LogP contribution in [-0.2, 0) is 21.6 Å². The van der Waals surface area contributed by atoms with E-state index in [1.54, 1.807) is 36.4 Å². The summed E-state index contributed by atoms with van der Waals surface area (Å²) in [6.07, 6.45) is 0. The average Bonchev–Trinajstić information content (AvgIpc) is 3.37. The second-order valence-corrected chi connectivity index (χ2v) is 11.3. The summed E-state index contributed by atoms with van der Waals surface area (Å²) in [6, 6.07) is 29.9. The number of fused-ring (bicyclic) bond motifs is 1. The molecule has 0 radical (unpaired) electrons. The summed E-state index contributed by atoms with van der Waals surface area (Å²) >= 11 is 1.12. The van der Waals surface area contributed by atoms with Crippen LogP contribution >= 0.6 is 18.9 Å². The SMILES string of the molecule is O=C(OCc1ccccc1)c1cc2cc(C(F)(F)P(=O)(Oc3ccccc3)Oc3ccccc3)ccc2s1. The van der Waals surface area contributed by atoms with E-state index < -0.39 is 24.8 Å². The topological polar surface area (TPSA) is 61.8 Å². The van der Waals surface area contributed by atoms with Crippen LogP contribution in [0.15, 0.2) is 115 Å². The number of hydrogen-bond donors (Lipinski definition) is 0. The van der Waals surface area contributed by atoms with Gasteiger partial charge in [0.15, 0.2) is 0 Å². The minimum Gasteiger partial charge on any atom is -0.457 e. The number of halogens is 2. The zero-order chi connectivity index (χ0) is 26.6. The van der Waals surface area contributed by atoms with E-state index in [0.29, 0.717) is 10.1 Å². The van der Waals surface area contributed by atoms with Crippen molar-refractivity contribution in [2.24, 2.45) is 0 Å². The predicted molar refractivity (Wildman–Crippen MR) is 143 cm³/mol. The summed E-state index contributed by atoms with van der Waals surface area (Å²) in [5.74, 6) is -0.605. The van der Waals surface area contributed by atoms with Gasteiger partial charge in [-0.2, -0.15) is 8.78 Å². The molecule has 0 aliphatic heterocycles. The monoisotopic (exact) mass is 550 g/mol. The van der Waals surface area contributed by atoms with Crippen LogP contribution in [0.2, 0.25) is 0 Å². The highest BCUT2D eigenvalue weighted by atomic mass is 32.1. The first kappa shape index (κ1) is 25.6. The second-order valence-electron chi connectivity index (χ2n) is 8.27. The number of rotatable bonds is 9. The van der Waals surface area contributed by atoms with Crippen molar-refractivity contribution in [2.75, 3.05) is 0 Å². The highest BCUT2D eigenvalue weighted by Crippen LogP contribution is 2.66. The van der Waals surface area contributed by atoms with E-state index in [9.17, 15) is 9.36 Å². The fourth-order valence-corrected chi connectivity index (χ4v) is 6.11. The van der Waals surface area contributed by atoms with E-state index in [1.807, 2.05) is 30.3 Å². The molecular formula is C29H21F2O5PS. The van der Waals surface area contributed by atoms with Gasteiger partial charge in [0.1, 0.15) is 23.0 Å². The fraction of sp³-hybridized carbons (Fsp3) is 0.0690. The van der Waals surface area contributed by atoms with E-state index in [1.165, 1.54) is 42.5 Å². The van der Waals surface area contributed by atoms with Crippen molar-refractivity contribution in [3.8, 4) is 11.5 Å². The van der Waals surface area contributed by atoms with Crippen molar-refractivity contribution in [3.05, 3.63) is 131 Å². The molecule has 0 N–H and O–H groups in total. The molecule has 0 aliphatic carbocycles. The maximum Gasteiger partial charge on any atom is 0.504 e. The van der Waals surface area contributed by atoms with Crippen molar-refractivity contribution in [1.29, 1.82) is 0 Å². The molecule has 9 heteroatoms. The summed E-state index contributed by atoms with van der Waals surface area (Å²) in [5, 5.41) is 0.379. The van der Waals surface area contributed by atoms with Crippen LogP contribution in [0.4, 0.5) is 8.78 Å². The maximum atomic E-state index is 16.0. The Morgan fingerprint density at radius 3 is 1.89 bits per heavy atom. The van der Waals surface area contributed by atoms with Gasteiger partial charge >= 0.3 is 19.2 Å². The Morgan fingerprint density at radius 2 is 1.32 bits per heavy atom. The Kier molecular flexibility index (Phi) is 7.27. The molecule has 4 aromatic carbocycles. The average molecular weight is 551 g/mol. The van der Waals surface area contributed by atoms with Crippen molar-refractivity contribution in [2.45, 2.75) is 12.3 Å². The fourth-order valence-electron chi connectivity index (χ4n) is 3.66. The first-order chi connectivity index (χ1) is 18.3. The molecule has 38 heavy (non-hydrogen) atoms. The summed E-state index contributed by atoms with van der Waals surface area (Å²) in [6.45, 7) is 0.0913. The van der Waals surface area contributed by atoms with Gasteiger partial charge in [-0.15, -0.1) is 11.3 Å². The largest absolute Gasteiger partial charge is 0.504 e. The first-order valence-corrected chi connectivity index (χ1v) is 13.9. The molecular weight excluding hydrogens is 529 g/mol. The summed E-state index contributed by atoms with van der Waals surface area (Å²) in [7, 11) is -5.14. The molecule has 5 aromatic rings. The lowest BCUT2D eigenvalue weighted by Gasteiger charge is -2.27. The van der Waals surface area contributed by atoms with Gasteiger partial charge in [0.2, 0.25) is 0 Å². The Labute approximate surface area is 221 Å². The van der Waals surface area contributed by atoms with Crippen LogP contribution in [0.25, 0.3) is 10.1 Å². The number of para-hydroxylation sites is 2. The van der Waals surface area contributed by atoms with Gasteiger partial charge in [0, 0.05) is 10.3 Å². The molecule has 192 valence electrons. The van der Waals surface area contributed by atoms with Crippen LogP contribution in [0.5, 0.6) is 11.5 Å². The number of benzene rings is 4. The third-order valence-electron chi connectivity index (χ3n) is 5.56. The lowest BCUT2D eigenvalue weighted by atomic mass is 10.1. The van der Waals surface area contributed by atoms with Gasteiger partial charge in [-0.25, -0.2) is 9.36 Å². The molecule has 0 fully saturated rings. The number of hydrogen-bond acceptors (Lipinski definition) is 6. The van der Waals surface area contributed by atoms with Crippen LogP contribution in [0, 0.1) is 0 Å². The molecule has 0 amide bonds. The van der Waals surface area contributed by atoms with Crippen molar-refractivity contribution in [1.82, 2.24) is 0 Å². The van der Waals surface area contributed by atoms with Gasteiger partial charge in [-0.1, -0.05) is 72.8 Å². The molecule has 0 saturated heterocycles. The molecule has 0 atom stereocenters. The maximum absolute atomic E-state index is 16.0. The van der Waals surface area contributed by atoms with E-state index in [-0.39, 0.29) is 23.0 Å². The molecule has 5 nitrogen and oxygen atoms in total. The first-order valence-electron chi connectivity index (χ1n) is 11.6. The number of ether oxygens (including phenoxy) is 1. The smallest absolute Gasteiger partial charge is 0.457 e. The van der Waals surface area contributed by atoms with E-state index >= 15 is 8.78 Å². The Hall–Kier alpha value is -4.00. The minimum absolute atomic E-state index is 0.0218. The molecule has 0 aliphatic rings. The van der Waals surface area contributed by atoms with Crippen LogP contribution in [-0.4, -0.2) is 5.97 Å². The lowest BCUT2D eigenvalue weighted by Crippen LogP contribution is -2.21. The molecule has 0 spiro atoms. The molecule has 0 saturated carbocycles. The lowest BCUT2D eigenvalue weighted by molar-refractivity contribution is 0.0478. The third-order valence-corrected chi connectivity index (χ3v) is 8.50. The van der Waals surface area contributed by atoms with Crippen molar-refractivity contribution in [3.63, 3.8) is 0 Å². The zero-order valence-corrected chi connectivity index (χ0v) is 21.5. The summed E-state index contributed by atoms with van der Waals surface area (Å²) in [4.78, 5) is 12.9. The van der Waals surface area contributed by atoms with Gasteiger partial charge < -0.3 is 13.8 Å². The van der Waals surface area contributed by atoms with Crippen LogP contribution in [0.3, 0.4) is 0 Å². The van der Waals surface area contributed by atoms with Crippen LogP contribution < -0.4 is 9.05 Å². The quantitative estimate of drug-likeness (QED) is 0.136. The normalized spacial score (nSPS) is 11.7. The summed E-state index contributed by atoms with van der Waals surface area (Å²) in [5.41, 5.74) is -3.76. The van der Waals surface area contributed by atoms with Crippen molar-refractivity contribution >= 4 is 35.0 Å². The third kappa shape index (κ3) is 5.47. The van der Waals surface area contributed by atoms with E-state index in [4.69, 9.17) is 13.8 Å². The van der Waals surface area contributed by atoms with Gasteiger partial charge in [-0.3, -0.25) is 0 Å². The number of thiophene rings is 1. The summed E-state index contributed by atoms with van der Waals surface area (Å²) < 4.78 is 62.4. The van der Waals surface area contributed by atoms with E-state index in [0.717, 1.165) is 23.0 Å². The standard InChI is InChI=1S/C29H21F2O5PS/c30-29(31,37(33,35-24-12-6-2-7-13-24)36-25-14-8-3-9-15-25)23-16-17-26-22(18-23)19-27(38-26)28(32)34-20-21-10-4-1-5-11-21/h1-19H,20H2. The number of esters is 1. The molecule has 0 unspecified atom stereocenters. The Morgan fingerprint density at radius 1 is 0.763 bits per heavy atom. The van der Waals surface area contributed by atoms with Gasteiger partial charge in [0.05, 0.1) is 0 Å².